The van der Waals surface area contributed by atoms with Gasteiger partial charge in [0.05, 0.1) is 0 Å². The van der Waals surface area contributed by atoms with E-state index < -0.39 is 0 Å². The van der Waals surface area contributed by atoms with Crippen LogP contribution in [-0.2, 0) is 12.8 Å². The van der Waals surface area contributed by atoms with Gasteiger partial charge >= 0.3 is 0 Å². The normalized spacial score (nSPS) is 27.7. The van der Waals surface area contributed by atoms with Crippen LogP contribution in [0.15, 0.2) is 12.1 Å². The molecule has 1 aliphatic carbocycles. The monoisotopic (exact) mass is 246 g/mol. The Labute approximate surface area is 109 Å². The predicted octanol–water partition coefficient (Wildman–Crippen LogP) is 1.83. The fourth-order valence-corrected chi connectivity index (χ4v) is 3.57. The third-order valence-corrected chi connectivity index (χ3v) is 4.61. The van der Waals surface area contributed by atoms with Crippen LogP contribution in [0.2, 0.25) is 0 Å². The minimum absolute atomic E-state index is 0.337. The van der Waals surface area contributed by atoms with Crippen molar-refractivity contribution < 1.29 is 5.11 Å². The molecule has 0 bridgehead atoms. The molecule has 0 spiro atoms. The molecule has 2 unspecified atom stereocenters. The highest BCUT2D eigenvalue weighted by Gasteiger charge is 2.32. The number of aryl methyl sites for hydroxylation is 1. The highest BCUT2D eigenvalue weighted by molar-refractivity contribution is 5.49. The second-order valence-corrected chi connectivity index (χ2v) is 5.79. The number of phenols is 1. The van der Waals surface area contributed by atoms with E-state index >= 15 is 0 Å². The van der Waals surface area contributed by atoms with Crippen LogP contribution in [0.3, 0.4) is 0 Å². The Morgan fingerprint density at radius 3 is 2.94 bits per heavy atom. The lowest BCUT2D eigenvalue weighted by molar-refractivity contribution is 0.305. The van der Waals surface area contributed by atoms with Crippen LogP contribution in [0, 0.1) is 5.92 Å². The van der Waals surface area contributed by atoms with Crippen molar-refractivity contribution in [3.8, 4) is 5.75 Å². The van der Waals surface area contributed by atoms with E-state index in [4.69, 9.17) is 5.73 Å². The van der Waals surface area contributed by atoms with Crippen molar-refractivity contribution in [3.63, 3.8) is 0 Å². The number of phenolic OH excluding ortho intramolecular Hbond substituents is 1. The van der Waals surface area contributed by atoms with Gasteiger partial charge in [-0.1, -0.05) is 12.1 Å². The minimum Gasteiger partial charge on any atom is -0.507 e. The van der Waals surface area contributed by atoms with E-state index in [1.54, 1.807) is 0 Å². The molecule has 18 heavy (non-hydrogen) atoms. The van der Waals surface area contributed by atoms with E-state index in [-0.39, 0.29) is 0 Å². The van der Waals surface area contributed by atoms with E-state index in [2.05, 4.69) is 24.1 Å². The number of nitrogens with two attached hydrogens (primary N) is 1. The Balaban J connectivity index is 1.93. The quantitative estimate of drug-likeness (QED) is 0.837. The second-order valence-electron chi connectivity index (χ2n) is 5.79. The van der Waals surface area contributed by atoms with Crippen molar-refractivity contribution >= 4 is 0 Å². The van der Waals surface area contributed by atoms with Crippen molar-refractivity contribution in [1.29, 1.82) is 0 Å². The lowest BCUT2D eigenvalue weighted by Gasteiger charge is -2.22. The first-order valence-electron chi connectivity index (χ1n) is 6.94. The molecule has 2 aliphatic rings. The molecule has 1 heterocycles. The van der Waals surface area contributed by atoms with Crippen LogP contribution in [-0.4, -0.2) is 30.1 Å². The van der Waals surface area contributed by atoms with Crippen molar-refractivity contribution in [2.45, 2.75) is 31.7 Å². The third kappa shape index (κ3) is 1.82. The van der Waals surface area contributed by atoms with Crippen molar-refractivity contribution in [2.75, 3.05) is 20.1 Å². The summed E-state index contributed by atoms with van der Waals surface area (Å²) in [4.78, 5) is 2.33. The molecular weight excluding hydrogens is 224 g/mol. The van der Waals surface area contributed by atoms with E-state index in [1.165, 1.54) is 17.5 Å². The van der Waals surface area contributed by atoms with Crippen LogP contribution in [0.4, 0.5) is 0 Å². The molecule has 1 aliphatic heterocycles. The summed E-state index contributed by atoms with van der Waals surface area (Å²) in [6.45, 7) is 1.78. The van der Waals surface area contributed by atoms with E-state index in [1.807, 2.05) is 0 Å². The van der Waals surface area contributed by atoms with Crippen molar-refractivity contribution in [1.82, 2.24) is 4.90 Å². The fraction of sp³-hybridized carbons (Fsp3) is 0.600. The number of fused-ring (bicyclic) bond motifs is 1. The lowest BCUT2D eigenvalue weighted by Crippen LogP contribution is -2.20. The van der Waals surface area contributed by atoms with Gasteiger partial charge in [0, 0.05) is 18.2 Å². The Kier molecular flexibility index (Phi) is 3.04. The van der Waals surface area contributed by atoms with Gasteiger partial charge in [0.15, 0.2) is 0 Å². The van der Waals surface area contributed by atoms with Gasteiger partial charge in [-0.2, -0.15) is 0 Å². The summed E-state index contributed by atoms with van der Waals surface area (Å²) in [5.41, 5.74) is 9.41. The first kappa shape index (κ1) is 12.0. The summed E-state index contributed by atoms with van der Waals surface area (Å²) < 4.78 is 0. The predicted molar refractivity (Wildman–Crippen MR) is 72.7 cm³/mol. The van der Waals surface area contributed by atoms with Gasteiger partial charge in [0.25, 0.3) is 0 Å². The van der Waals surface area contributed by atoms with Gasteiger partial charge in [0.2, 0.25) is 0 Å². The molecule has 3 rings (SSSR count). The summed E-state index contributed by atoms with van der Waals surface area (Å²) in [5, 5.41) is 10.5. The van der Waals surface area contributed by atoms with Gasteiger partial charge < -0.3 is 10.8 Å². The van der Waals surface area contributed by atoms with E-state index in [9.17, 15) is 5.11 Å². The molecule has 1 aromatic carbocycles. The summed E-state index contributed by atoms with van der Waals surface area (Å²) >= 11 is 0. The smallest absolute Gasteiger partial charge is 0.123 e. The highest BCUT2D eigenvalue weighted by atomic mass is 16.3. The maximum atomic E-state index is 10.5. The summed E-state index contributed by atoms with van der Waals surface area (Å²) in [5.74, 6) is 1.12. The van der Waals surface area contributed by atoms with E-state index in [0.717, 1.165) is 37.9 Å². The Hall–Kier alpha value is -1.06. The molecule has 2 atom stereocenters. The molecule has 1 aromatic rings. The first-order chi connectivity index (χ1) is 8.70. The summed E-state index contributed by atoms with van der Waals surface area (Å²) in [6.07, 6.45) is 4.40. The molecule has 0 radical (unpaired) electrons. The molecule has 3 nitrogen and oxygen atoms in total. The zero-order valence-electron chi connectivity index (χ0n) is 11.0. The number of nitrogens with zero attached hydrogens (tertiary/aromatic N) is 1. The standard InChI is InChI=1S/C15H22N2O/c1-17-9-10(8-16)7-14(17)13-6-5-11-3-2-4-12(11)15(13)18/h5-6,10,14,18H,2-4,7-9,16H2,1H3. The Bertz CT molecular complexity index is 458. The number of benzene rings is 1. The minimum atomic E-state index is 0.337. The topological polar surface area (TPSA) is 49.5 Å². The number of hydrogen-bond acceptors (Lipinski definition) is 3. The van der Waals surface area contributed by atoms with Crippen LogP contribution in [0.25, 0.3) is 0 Å². The third-order valence-electron chi connectivity index (χ3n) is 4.61. The molecule has 0 amide bonds. The molecular formula is C15H22N2O. The SMILES string of the molecule is CN1CC(CN)CC1c1ccc2c(c1O)CCC2. The largest absolute Gasteiger partial charge is 0.507 e. The van der Waals surface area contributed by atoms with Gasteiger partial charge in [-0.15, -0.1) is 0 Å². The number of likely N-dealkylation sites (tertiary alicyclic amines) is 1. The van der Waals surface area contributed by atoms with Crippen molar-refractivity contribution in [3.05, 3.63) is 28.8 Å². The average Bonchev–Trinajstić information content (AvgIpc) is 2.96. The molecule has 3 N–H and O–H groups in total. The fourth-order valence-electron chi connectivity index (χ4n) is 3.57. The Morgan fingerprint density at radius 2 is 2.22 bits per heavy atom. The van der Waals surface area contributed by atoms with Crippen LogP contribution in [0.5, 0.6) is 5.75 Å². The molecule has 0 saturated carbocycles. The van der Waals surface area contributed by atoms with Crippen molar-refractivity contribution in [2.24, 2.45) is 11.7 Å². The molecule has 1 saturated heterocycles. The average molecular weight is 246 g/mol. The number of rotatable bonds is 2. The Morgan fingerprint density at radius 1 is 1.39 bits per heavy atom. The zero-order valence-corrected chi connectivity index (χ0v) is 11.0. The van der Waals surface area contributed by atoms with Gasteiger partial charge in [-0.25, -0.2) is 0 Å². The van der Waals surface area contributed by atoms with Gasteiger partial charge in [-0.05, 0) is 56.3 Å². The second kappa shape index (κ2) is 4.56. The summed E-state index contributed by atoms with van der Waals surface area (Å²) in [6, 6.07) is 4.67. The maximum Gasteiger partial charge on any atom is 0.123 e. The van der Waals surface area contributed by atoms with Gasteiger partial charge in [0.1, 0.15) is 5.75 Å². The van der Waals surface area contributed by atoms with Crippen LogP contribution < -0.4 is 5.73 Å². The molecule has 1 fully saturated rings. The highest BCUT2D eigenvalue weighted by Crippen LogP contribution is 2.42. The molecule has 3 heteroatoms. The lowest BCUT2D eigenvalue weighted by atomic mass is 9.95. The first-order valence-corrected chi connectivity index (χ1v) is 6.94. The van der Waals surface area contributed by atoms with Crippen LogP contribution >= 0.6 is 0 Å². The summed E-state index contributed by atoms with van der Waals surface area (Å²) in [7, 11) is 2.13. The maximum absolute atomic E-state index is 10.5. The molecule has 98 valence electrons. The van der Waals surface area contributed by atoms with Crippen LogP contribution in [0.1, 0.15) is 35.6 Å². The number of aromatic hydroxyl groups is 1. The number of hydrogen-bond donors (Lipinski definition) is 2. The van der Waals surface area contributed by atoms with Gasteiger partial charge in [-0.3, -0.25) is 4.90 Å². The molecule has 0 aromatic heterocycles. The van der Waals surface area contributed by atoms with E-state index in [0.29, 0.717) is 17.7 Å². The zero-order chi connectivity index (χ0) is 12.7.